The molecule has 0 fully saturated rings. The molecule has 0 heterocycles. The van der Waals surface area contributed by atoms with E-state index in [9.17, 15) is 5.11 Å². The SMILES string of the molecule is CCC(CN)(CO)Cc1ccc(Cl)cc1Cl. The summed E-state index contributed by atoms with van der Waals surface area (Å²) in [4.78, 5) is 0. The molecule has 0 aromatic heterocycles. The van der Waals surface area contributed by atoms with Gasteiger partial charge in [0, 0.05) is 22.0 Å². The first-order valence-corrected chi connectivity index (χ1v) is 6.07. The Morgan fingerprint density at radius 1 is 1.38 bits per heavy atom. The van der Waals surface area contributed by atoms with Gasteiger partial charge in [-0.3, -0.25) is 0 Å². The largest absolute Gasteiger partial charge is 0.396 e. The monoisotopic (exact) mass is 261 g/mol. The topological polar surface area (TPSA) is 46.2 Å². The zero-order valence-corrected chi connectivity index (χ0v) is 10.9. The molecule has 0 radical (unpaired) electrons. The lowest BCUT2D eigenvalue weighted by molar-refractivity contribution is 0.127. The first-order chi connectivity index (χ1) is 7.56. The highest BCUT2D eigenvalue weighted by molar-refractivity contribution is 6.35. The van der Waals surface area contributed by atoms with Gasteiger partial charge in [-0.25, -0.2) is 0 Å². The van der Waals surface area contributed by atoms with Gasteiger partial charge in [0.05, 0.1) is 6.61 Å². The molecule has 16 heavy (non-hydrogen) atoms. The Bertz CT molecular complexity index is 343. The molecule has 0 saturated carbocycles. The summed E-state index contributed by atoms with van der Waals surface area (Å²) in [7, 11) is 0. The second-order valence-electron chi connectivity index (χ2n) is 4.13. The lowest BCUT2D eigenvalue weighted by Crippen LogP contribution is -2.35. The van der Waals surface area contributed by atoms with Crippen molar-refractivity contribution in [3.8, 4) is 0 Å². The average Bonchev–Trinajstić information content (AvgIpc) is 2.29. The maximum Gasteiger partial charge on any atom is 0.0502 e. The van der Waals surface area contributed by atoms with Gasteiger partial charge in [0.15, 0.2) is 0 Å². The van der Waals surface area contributed by atoms with Crippen LogP contribution in [-0.4, -0.2) is 18.3 Å². The maximum absolute atomic E-state index is 9.43. The number of aliphatic hydroxyl groups excluding tert-OH is 1. The van der Waals surface area contributed by atoms with E-state index in [-0.39, 0.29) is 12.0 Å². The summed E-state index contributed by atoms with van der Waals surface area (Å²) >= 11 is 11.9. The van der Waals surface area contributed by atoms with Gasteiger partial charge in [0.2, 0.25) is 0 Å². The molecule has 0 bridgehead atoms. The number of hydrogen-bond acceptors (Lipinski definition) is 2. The van der Waals surface area contributed by atoms with Crippen molar-refractivity contribution in [2.24, 2.45) is 11.1 Å². The fraction of sp³-hybridized carbons (Fsp3) is 0.500. The first-order valence-electron chi connectivity index (χ1n) is 5.32. The lowest BCUT2D eigenvalue weighted by Gasteiger charge is -2.29. The van der Waals surface area contributed by atoms with Crippen LogP contribution >= 0.6 is 23.2 Å². The first kappa shape index (κ1) is 13.8. The molecule has 0 amide bonds. The summed E-state index contributed by atoms with van der Waals surface area (Å²) in [5, 5.41) is 10.7. The molecule has 0 saturated heterocycles. The minimum atomic E-state index is -0.280. The molecule has 3 N–H and O–H groups in total. The second kappa shape index (κ2) is 5.87. The van der Waals surface area contributed by atoms with Crippen LogP contribution in [0.3, 0.4) is 0 Å². The maximum atomic E-state index is 9.43. The van der Waals surface area contributed by atoms with Crippen LogP contribution in [-0.2, 0) is 6.42 Å². The molecule has 0 aliphatic rings. The Balaban J connectivity index is 2.93. The molecule has 1 aromatic rings. The zero-order valence-electron chi connectivity index (χ0n) is 9.34. The summed E-state index contributed by atoms with van der Waals surface area (Å²) < 4.78 is 0. The molecule has 4 heteroatoms. The van der Waals surface area contributed by atoms with Crippen molar-refractivity contribution in [2.75, 3.05) is 13.2 Å². The molecule has 0 aliphatic carbocycles. The molecule has 1 aromatic carbocycles. The van der Waals surface area contributed by atoms with Gasteiger partial charge >= 0.3 is 0 Å². The van der Waals surface area contributed by atoms with Crippen LogP contribution < -0.4 is 5.73 Å². The van der Waals surface area contributed by atoms with E-state index in [4.69, 9.17) is 28.9 Å². The molecule has 1 rings (SSSR count). The van der Waals surface area contributed by atoms with Gasteiger partial charge in [0.1, 0.15) is 0 Å². The van der Waals surface area contributed by atoms with Gasteiger partial charge in [0.25, 0.3) is 0 Å². The molecule has 0 aliphatic heterocycles. The third-order valence-corrected chi connectivity index (χ3v) is 3.69. The molecular weight excluding hydrogens is 245 g/mol. The Kier molecular flexibility index (Phi) is 5.06. The van der Waals surface area contributed by atoms with Crippen LogP contribution in [0.5, 0.6) is 0 Å². The van der Waals surface area contributed by atoms with E-state index in [1.807, 2.05) is 13.0 Å². The Morgan fingerprint density at radius 2 is 2.06 bits per heavy atom. The Morgan fingerprint density at radius 3 is 2.50 bits per heavy atom. The van der Waals surface area contributed by atoms with E-state index in [2.05, 4.69) is 0 Å². The number of hydrogen-bond donors (Lipinski definition) is 2. The van der Waals surface area contributed by atoms with Crippen molar-refractivity contribution >= 4 is 23.2 Å². The van der Waals surface area contributed by atoms with Crippen molar-refractivity contribution in [3.05, 3.63) is 33.8 Å². The highest BCUT2D eigenvalue weighted by Crippen LogP contribution is 2.30. The van der Waals surface area contributed by atoms with Crippen molar-refractivity contribution < 1.29 is 5.11 Å². The zero-order chi connectivity index (χ0) is 12.2. The quantitative estimate of drug-likeness (QED) is 0.857. The molecular formula is C12H17Cl2NO. The van der Waals surface area contributed by atoms with E-state index in [1.165, 1.54) is 0 Å². The van der Waals surface area contributed by atoms with Crippen molar-refractivity contribution in [2.45, 2.75) is 19.8 Å². The fourth-order valence-corrected chi connectivity index (χ4v) is 2.12. The van der Waals surface area contributed by atoms with E-state index in [0.29, 0.717) is 23.0 Å². The molecule has 0 spiro atoms. The van der Waals surface area contributed by atoms with E-state index >= 15 is 0 Å². The smallest absolute Gasteiger partial charge is 0.0502 e. The second-order valence-corrected chi connectivity index (χ2v) is 4.97. The molecule has 1 unspecified atom stereocenters. The van der Waals surface area contributed by atoms with Gasteiger partial charge in [-0.05, 0) is 30.5 Å². The van der Waals surface area contributed by atoms with Crippen molar-refractivity contribution in [1.82, 2.24) is 0 Å². The number of benzene rings is 1. The predicted octanol–water partition coefficient (Wildman–Crippen LogP) is 2.88. The van der Waals surface area contributed by atoms with Crippen LogP contribution in [0.25, 0.3) is 0 Å². The number of halogens is 2. The van der Waals surface area contributed by atoms with E-state index in [0.717, 1.165) is 12.0 Å². The summed E-state index contributed by atoms with van der Waals surface area (Å²) in [6, 6.07) is 5.41. The summed E-state index contributed by atoms with van der Waals surface area (Å²) in [5.74, 6) is 0. The minimum absolute atomic E-state index is 0.0684. The normalized spacial score (nSPS) is 14.8. The van der Waals surface area contributed by atoms with Crippen LogP contribution in [0, 0.1) is 5.41 Å². The highest BCUT2D eigenvalue weighted by Gasteiger charge is 2.26. The third kappa shape index (κ3) is 3.11. The fourth-order valence-electron chi connectivity index (χ4n) is 1.64. The molecule has 90 valence electrons. The predicted molar refractivity (Wildman–Crippen MR) is 69.0 cm³/mol. The summed E-state index contributed by atoms with van der Waals surface area (Å²) in [6.45, 7) is 2.53. The Labute approximate surface area is 106 Å². The van der Waals surface area contributed by atoms with Gasteiger partial charge in [-0.2, -0.15) is 0 Å². The standard InChI is InChI=1S/C12H17Cl2NO/c1-2-12(7-15,8-16)6-9-3-4-10(13)5-11(9)14/h3-5,16H,2,6-8,15H2,1H3. The van der Waals surface area contributed by atoms with Gasteiger partial charge in [-0.15, -0.1) is 0 Å². The van der Waals surface area contributed by atoms with E-state index < -0.39 is 0 Å². The van der Waals surface area contributed by atoms with Crippen LogP contribution in [0.2, 0.25) is 10.0 Å². The minimum Gasteiger partial charge on any atom is -0.396 e. The molecule has 1 atom stereocenters. The van der Waals surface area contributed by atoms with Crippen molar-refractivity contribution in [3.63, 3.8) is 0 Å². The highest BCUT2D eigenvalue weighted by atomic mass is 35.5. The number of aliphatic hydroxyl groups is 1. The third-order valence-electron chi connectivity index (χ3n) is 3.10. The number of nitrogens with two attached hydrogens (primary N) is 1. The van der Waals surface area contributed by atoms with Crippen LogP contribution in [0.15, 0.2) is 18.2 Å². The Hall–Kier alpha value is -0.280. The van der Waals surface area contributed by atoms with E-state index in [1.54, 1.807) is 12.1 Å². The summed E-state index contributed by atoms with van der Waals surface area (Å²) in [6.07, 6.45) is 1.49. The lowest BCUT2D eigenvalue weighted by atomic mass is 9.80. The van der Waals surface area contributed by atoms with Gasteiger partial charge < -0.3 is 10.8 Å². The van der Waals surface area contributed by atoms with Crippen LogP contribution in [0.4, 0.5) is 0 Å². The average molecular weight is 262 g/mol. The van der Waals surface area contributed by atoms with Crippen LogP contribution in [0.1, 0.15) is 18.9 Å². The number of rotatable bonds is 5. The van der Waals surface area contributed by atoms with Crippen molar-refractivity contribution in [1.29, 1.82) is 0 Å². The summed E-state index contributed by atoms with van der Waals surface area (Å²) in [5.41, 5.74) is 6.43. The molecule has 2 nitrogen and oxygen atoms in total. The van der Waals surface area contributed by atoms with Gasteiger partial charge in [-0.1, -0.05) is 36.2 Å².